The summed E-state index contributed by atoms with van der Waals surface area (Å²) in [5.74, 6) is -0.481. The maximum atomic E-state index is 10.8. The highest BCUT2D eigenvalue weighted by atomic mass is 35.7. The van der Waals surface area contributed by atoms with Gasteiger partial charge in [0.2, 0.25) is 9.05 Å². The van der Waals surface area contributed by atoms with E-state index in [1.165, 1.54) is 0 Å². The molecule has 0 heterocycles. The number of amidine groups is 1. The first kappa shape index (κ1) is 14.2. The van der Waals surface area contributed by atoms with Gasteiger partial charge in [-0.15, -0.1) is 12.4 Å². The van der Waals surface area contributed by atoms with Crippen LogP contribution in [0.5, 0.6) is 0 Å². The zero-order valence-corrected chi connectivity index (χ0v) is 9.99. The zero-order valence-electron chi connectivity index (χ0n) is 7.60. The molecule has 1 rings (SSSR count). The molecule has 7 heteroatoms. The van der Waals surface area contributed by atoms with Crippen molar-refractivity contribution in [3.8, 4) is 0 Å². The molecule has 84 valence electrons. The molecule has 0 aliphatic heterocycles. The van der Waals surface area contributed by atoms with E-state index in [-0.39, 0.29) is 24.0 Å². The summed E-state index contributed by atoms with van der Waals surface area (Å²) in [5, 5.41) is 7.22. The molecule has 0 aliphatic rings. The molecule has 0 saturated heterocycles. The van der Waals surface area contributed by atoms with E-state index in [0.717, 1.165) is 0 Å². The zero-order chi connectivity index (χ0) is 10.8. The molecular weight excluding hydrogens is 259 g/mol. The maximum absolute atomic E-state index is 10.8. The molecule has 1 aromatic carbocycles. The van der Waals surface area contributed by atoms with E-state index in [1.807, 2.05) is 0 Å². The van der Waals surface area contributed by atoms with Crippen molar-refractivity contribution in [3.05, 3.63) is 35.4 Å². The average molecular weight is 269 g/mol. The number of nitrogens with two attached hydrogens (primary N) is 1. The third-order valence-electron chi connectivity index (χ3n) is 1.64. The Bertz CT molecular complexity index is 459. The third-order valence-corrected chi connectivity index (χ3v) is 2.62. The molecule has 15 heavy (non-hydrogen) atoms. The van der Waals surface area contributed by atoms with E-state index in [4.69, 9.17) is 21.8 Å². The molecule has 0 unspecified atom stereocenters. The summed E-state index contributed by atoms with van der Waals surface area (Å²) in [6, 6.07) is 6.52. The Labute approximate surface area is 98.8 Å². The molecular formula is C8H10Cl2N2O2S. The minimum absolute atomic E-state index is 0. The molecule has 0 amide bonds. The molecule has 0 saturated carbocycles. The number of halogens is 2. The second-order valence-electron chi connectivity index (χ2n) is 2.75. The van der Waals surface area contributed by atoms with Gasteiger partial charge in [0.1, 0.15) is 5.84 Å². The van der Waals surface area contributed by atoms with Crippen LogP contribution in [0.25, 0.3) is 0 Å². The monoisotopic (exact) mass is 268 g/mol. The Morgan fingerprint density at radius 1 is 1.40 bits per heavy atom. The topological polar surface area (TPSA) is 84.0 Å². The second kappa shape index (κ2) is 5.34. The normalized spacial score (nSPS) is 10.5. The maximum Gasteiger partial charge on any atom is 0.236 e. The van der Waals surface area contributed by atoms with Crippen LogP contribution in [0.3, 0.4) is 0 Å². The average Bonchev–Trinajstić information content (AvgIpc) is 2.01. The standard InChI is InChI=1S/C8H9ClN2O2S.ClH/c9-14(12,13)5-6-3-1-2-4-7(6)8(10)11;/h1-4H,5H2,(H3,10,11);1H. The fraction of sp³-hybridized carbons (Fsp3) is 0.125. The summed E-state index contributed by atoms with van der Waals surface area (Å²) in [6.07, 6.45) is 0. The van der Waals surface area contributed by atoms with E-state index < -0.39 is 9.05 Å². The van der Waals surface area contributed by atoms with Crippen LogP contribution in [0.1, 0.15) is 11.1 Å². The van der Waals surface area contributed by atoms with Crippen molar-refractivity contribution in [1.82, 2.24) is 0 Å². The Hall–Kier alpha value is -0.780. The Morgan fingerprint density at radius 3 is 2.40 bits per heavy atom. The van der Waals surface area contributed by atoms with E-state index in [0.29, 0.717) is 11.1 Å². The van der Waals surface area contributed by atoms with Gasteiger partial charge in [-0.2, -0.15) is 0 Å². The minimum atomic E-state index is -3.61. The highest BCUT2D eigenvalue weighted by Crippen LogP contribution is 2.14. The van der Waals surface area contributed by atoms with Crippen molar-refractivity contribution in [2.24, 2.45) is 5.73 Å². The SMILES string of the molecule is Cl.N=C(N)c1ccccc1CS(=O)(=O)Cl. The lowest BCUT2D eigenvalue weighted by Crippen LogP contribution is -2.14. The van der Waals surface area contributed by atoms with Crippen LogP contribution in [-0.4, -0.2) is 14.3 Å². The van der Waals surface area contributed by atoms with Crippen molar-refractivity contribution in [2.75, 3.05) is 0 Å². The molecule has 0 fully saturated rings. The van der Waals surface area contributed by atoms with E-state index in [1.54, 1.807) is 24.3 Å². The van der Waals surface area contributed by atoms with Crippen molar-refractivity contribution >= 4 is 38.0 Å². The lowest BCUT2D eigenvalue weighted by atomic mass is 10.1. The van der Waals surface area contributed by atoms with Crippen LogP contribution in [0, 0.1) is 5.41 Å². The summed E-state index contributed by atoms with van der Waals surface area (Å²) >= 11 is 0. The minimum Gasteiger partial charge on any atom is -0.384 e. The van der Waals surface area contributed by atoms with Gasteiger partial charge in [-0.1, -0.05) is 24.3 Å². The first-order chi connectivity index (χ1) is 6.40. The molecule has 0 radical (unpaired) electrons. The van der Waals surface area contributed by atoms with Crippen molar-refractivity contribution in [2.45, 2.75) is 5.75 Å². The first-order valence-electron chi connectivity index (χ1n) is 3.75. The molecule has 0 atom stereocenters. The Kier molecular flexibility index (Phi) is 5.07. The molecule has 0 bridgehead atoms. The highest BCUT2D eigenvalue weighted by Gasteiger charge is 2.11. The van der Waals surface area contributed by atoms with Crippen molar-refractivity contribution in [1.29, 1.82) is 5.41 Å². The Morgan fingerprint density at radius 2 is 1.93 bits per heavy atom. The van der Waals surface area contributed by atoms with Gasteiger partial charge in [-0.05, 0) is 5.56 Å². The number of hydrogen-bond donors (Lipinski definition) is 2. The summed E-state index contributed by atoms with van der Waals surface area (Å²) in [5.41, 5.74) is 6.12. The van der Waals surface area contributed by atoms with Crippen LogP contribution in [0.4, 0.5) is 0 Å². The summed E-state index contributed by atoms with van der Waals surface area (Å²) in [6.45, 7) is 0. The van der Waals surface area contributed by atoms with E-state index in [9.17, 15) is 8.42 Å². The number of hydrogen-bond acceptors (Lipinski definition) is 3. The molecule has 0 aromatic heterocycles. The van der Waals surface area contributed by atoms with E-state index >= 15 is 0 Å². The number of benzene rings is 1. The van der Waals surface area contributed by atoms with Crippen LogP contribution in [-0.2, 0) is 14.8 Å². The van der Waals surface area contributed by atoms with E-state index in [2.05, 4.69) is 0 Å². The van der Waals surface area contributed by atoms with Gasteiger partial charge >= 0.3 is 0 Å². The predicted molar refractivity (Wildman–Crippen MR) is 63.2 cm³/mol. The number of rotatable bonds is 3. The molecule has 1 aromatic rings. The summed E-state index contributed by atoms with van der Waals surface area (Å²) in [4.78, 5) is 0. The number of nitrogens with one attached hydrogen (secondary N) is 1. The largest absolute Gasteiger partial charge is 0.384 e. The summed E-state index contributed by atoms with van der Waals surface area (Å²) in [7, 11) is 1.49. The van der Waals surface area contributed by atoms with Crippen LogP contribution < -0.4 is 5.73 Å². The quantitative estimate of drug-likeness (QED) is 0.495. The van der Waals surface area contributed by atoms with Gasteiger partial charge in [-0.3, -0.25) is 5.41 Å². The summed E-state index contributed by atoms with van der Waals surface area (Å²) < 4.78 is 21.7. The lowest BCUT2D eigenvalue weighted by molar-refractivity contribution is 0.609. The van der Waals surface area contributed by atoms with Gasteiger partial charge < -0.3 is 5.73 Å². The molecule has 0 aliphatic carbocycles. The lowest BCUT2D eigenvalue weighted by Gasteiger charge is -2.05. The van der Waals surface area contributed by atoms with Gasteiger partial charge in [0.25, 0.3) is 0 Å². The fourth-order valence-corrected chi connectivity index (χ4v) is 2.07. The smallest absolute Gasteiger partial charge is 0.236 e. The Balaban J connectivity index is 0.00000196. The van der Waals surface area contributed by atoms with Gasteiger partial charge in [0, 0.05) is 16.2 Å². The van der Waals surface area contributed by atoms with Gasteiger partial charge in [0.05, 0.1) is 5.75 Å². The molecule has 3 N–H and O–H groups in total. The van der Waals surface area contributed by atoms with Gasteiger partial charge in [0.15, 0.2) is 0 Å². The van der Waals surface area contributed by atoms with Gasteiger partial charge in [-0.25, -0.2) is 8.42 Å². The highest BCUT2D eigenvalue weighted by molar-refractivity contribution is 8.13. The number of nitrogen functional groups attached to an aromatic ring is 1. The fourth-order valence-electron chi connectivity index (χ4n) is 1.09. The van der Waals surface area contributed by atoms with Crippen molar-refractivity contribution < 1.29 is 8.42 Å². The van der Waals surface area contributed by atoms with Crippen LogP contribution in [0.2, 0.25) is 0 Å². The van der Waals surface area contributed by atoms with Crippen LogP contribution in [0.15, 0.2) is 24.3 Å². The third kappa shape index (κ3) is 4.51. The predicted octanol–water partition coefficient (Wildman–Crippen LogP) is 1.46. The first-order valence-corrected chi connectivity index (χ1v) is 6.22. The molecule has 0 spiro atoms. The second-order valence-corrected chi connectivity index (χ2v) is 5.53. The molecule has 4 nitrogen and oxygen atoms in total. The van der Waals surface area contributed by atoms with Crippen molar-refractivity contribution in [3.63, 3.8) is 0 Å². The van der Waals surface area contributed by atoms with Crippen LogP contribution >= 0.6 is 23.1 Å².